The van der Waals surface area contributed by atoms with Crippen LogP contribution in [-0.4, -0.2) is 42.6 Å². The van der Waals surface area contributed by atoms with Gasteiger partial charge in [0.05, 0.1) is 5.52 Å². The highest BCUT2D eigenvalue weighted by molar-refractivity contribution is 9.10. The zero-order valence-electron chi connectivity index (χ0n) is 15.5. The summed E-state index contributed by atoms with van der Waals surface area (Å²) in [5.41, 5.74) is 4.14. The van der Waals surface area contributed by atoms with Crippen LogP contribution in [0.25, 0.3) is 10.9 Å². The van der Waals surface area contributed by atoms with Crippen molar-refractivity contribution in [2.45, 2.75) is 13.3 Å². The second-order valence-electron chi connectivity index (χ2n) is 7.11. The van der Waals surface area contributed by atoms with Crippen molar-refractivity contribution in [1.82, 2.24) is 9.88 Å². The van der Waals surface area contributed by atoms with Gasteiger partial charge in [-0.05, 0) is 61.4 Å². The summed E-state index contributed by atoms with van der Waals surface area (Å²) in [5.74, 6) is -0.115. The number of rotatable bonds is 4. The van der Waals surface area contributed by atoms with Gasteiger partial charge in [-0.25, -0.2) is 4.39 Å². The normalized spacial score (nSPS) is 15.4. The molecule has 1 fully saturated rings. The van der Waals surface area contributed by atoms with Crippen molar-refractivity contribution in [3.63, 3.8) is 0 Å². The fourth-order valence-corrected chi connectivity index (χ4v) is 4.15. The Morgan fingerprint density at radius 1 is 1.04 bits per heavy atom. The van der Waals surface area contributed by atoms with Crippen LogP contribution in [0, 0.1) is 12.7 Å². The van der Waals surface area contributed by atoms with Gasteiger partial charge < -0.3 is 4.90 Å². The first-order chi connectivity index (χ1) is 13.1. The lowest BCUT2D eigenvalue weighted by Gasteiger charge is -2.36. The van der Waals surface area contributed by atoms with Crippen LogP contribution >= 0.6 is 15.9 Å². The van der Waals surface area contributed by atoms with E-state index in [0.717, 1.165) is 60.4 Å². The number of aryl methyl sites for hydroxylation is 1. The van der Waals surface area contributed by atoms with Crippen molar-refractivity contribution < 1.29 is 4.39 Å². The van der Waals surface area contributed by atoms with E-state index in [1.54, 1.807) is 6.07 Å². The molecule has 5 heteroatoms. The van der Waals surface area contributed by atoms with Crippen LogP contribution in [0.1, 0.15) is 11.3 Å². The van der Waals surface area contributed by atoms with E-state index in [1.165, 1.54) is 17.1 Å². The molecule has 0 spiro atoms. The average molecular weight is 428 g/mol. The molecular formula is C22H23BrFN3. The molecule has 2 aromatic carbocycles. The molecule has 2 heterocycles. The summed E-state index contributed by atoms with van der Waals surface area (Å²) >= 11 is 3.43. The smallest absolute Gasteiger partial charge is 0.126 e. The number of hydrogen-bond acceptors (Lipinski definition) is 3. The van der Waals surface area contributed by atoms with Gasteiger partial charge in [-0.3, -0.25) is 9.88 Å². The minimum absolute atomic E-state index is 0.115. The molecule has 3 aromatic rings. The lowest BCUT2D eigenvalue weighted by molar-refractivity contribution is 0.260. The van der Waals surface area contributed by atoms with Gasteiger partial charge in [-0.15, -0.1) is 0 Å². The summed E-state index contributed by atoms with van der Waals surface area (Å²) in [7, 11) is 0. The maximum Gasteiger partial charge on any atom is 0.126 e. The second-order valence-corrected chi connectivity index (χ2v) is 8.03. The van der Waals surface area contributed by atoms with Crippen LogP contribution in [0.5, 0.6) is 0 Å². The molecule has 0 unspecified atom stereocenters. The van der Waals surface area contributed by atoms with Gasteiger partial charge in [0, 0.05) is 54.0 Å². The van der Waals surface area contributed by atoms with E-state index in [1.807, 2.05) is 13.0 Å². The summed E-state index contributed by atoms with van der Waals surface area (Å²) in [6.45, 7) is 6.86. The van der Waals surface area contributed by atoms with Crippen molar-refractivity contribution in [3.05, 3.63) is 70.1 Å². The van der Waals surface area contributed by atoms with E-state index in [0.29, 0.717) is 0 Å². The zero-order chi connectivity index (χ0) is 18.8. The number of benzene rings is 2. The largest absolute Gasteiger partial charge is 0.368 e. The highest BCUT2D eigenvalue weighted by Gasteiger charge is 2.19. The maximum atomic E-state index is 13.9. The molecule has 0 atom stereocenters. The van der Waals surface area contributed by atoms with E-state index >= 15 is 0 Å². The standard InChI is InChI=1S/C22H23BrFN3/c1-16-5-7-19-21(25-16)3-2-4-22(19)27-13-11-26(12-14-27)10-9-17-15-18(23)6-8-20(17)24/h2-8,15H,9-14H2,1H3. The maximum absolute atomic E-state index is 13.9. The Morgan fingerprint density at radius 3 is 2.67 bits per heavy atom. The Bertz CT molecular complexity index is 951. The van der Waals surface area contributed by atoms with E-state index in [9.17, 15) is 4.39 Å². The van der Waals surface area contributed by atoms with Gasteiger partial charge in [-0.1, -0.05) is 22.0 Å². The van der Waals surface area contributed by atoms with Crippen molar-refractivity contribution >= 4 is 32.5 Å². The zero-order valence-corrected chi connectivity index (χ0v) is 17.0. The lowest BCUT2D eigenvalue weighted by Crippen LogP contribution is -2.47. The molecule has 0 bridgehead atoms. The fourth-order valence-electron chi connectivity index (χ4n) is 3.74. The molecular weight excluding hydrogens is 405 g/mol. The molecule has 1 aliphatic heterocycles. The molecule has 1 aromatic heterocycles. The molecule has 0 saturated carbocycles. The third-order valence-electron chi connectivity index (χ3n) is 5.27. The molecule has 0 aliphatic carbocycles. The van der Waals surface area contributed by atoms with Crippen LogP contribution < -0.4 is 4.90 Å². The Kier molecular flexibility index (Phi) is 5.41. The van der Waals surface area contributed by atoms with Crippen LogP contribution in [0.15, 0.2) is 53.0 Å². The van der Waals surface area contributed by atoms with Gasteiger partial charge >= 0.3 is 0 Å². The molecule has 27 heavy (non-hydrogen) atoms. The number of halogens is 2. The molecule has 1 saturated heterocycles. The number of nitrogens with zero attached hydrogens (tertiary/aromatic N) is 3. The van der Waals surface area contributed by atoms with Crippen LogP contribution in [0.2, 0.25) is 0 Å². The minimum Gasteiger partial charge on any atom is -0.368 e. The molecule has 0 N–H and O–H groups in total. The molecule has 4 rings (SSSR count). The highest BCUT2D eigenvalue weighted by Crippen LogP contribution is 2.27. The number of pyridine rings is 1. The monoisotopic (exact) mass is 427 g/mol. The van der Waals surface area contributed by atoms with Gasteiger partial charge in [0.25, 0.3) is 0 Å². The van der Waals surface area contributed by atoms with E-state index in [2.05, 4.69) is 61.0 Å². The van der Waals surface area contributed by atoms with E-state index in [-0.39, 0.29) is 5.82 Å². The Balaban J connectivity index is 1.40. The van der Waals surface area contributed by atoms with Crippen molar-refractivity contribution in [1.29, 1.82) is 0 Å². The van der Waals surface area contributed by atoms with Crippen LogP contribution in [-0.2, 0) is 6.42 Å². The average Bonchev–Trinajstić information content (AvgIpc) is 2.68. The first-order valence-corrected chi connectivity index (χ1v) is 10.2. The molecule has 140 valence electrons. The van der Waals surface area contributed by atoms with Crippen LogP contribution in [0.4, 0.5) is 10.1 Å². The van der Waals surface area contributed by atoms with E-state index < -0.39 is 0 Å². The van der Waals surface area contributed by atoms with Gasteiger partial charge in [-0.2, -0.15) is 0 Å². The SMILES string of the molecule is Cc1ccc2c(N3CCN(CCc4cc(Br)ccc4F)CC3)cccc2n1. The topological polar surface area (TPSA) is 19.4 Å². The minimum atomic E-state index is -0.115. The number of fused-ring (bicyclic) bond motifs is 1. The van der Waals surface area contributed by atoms with Gasteiger partial charge in [0.2, 0.25) is 0 Å². The number of aromatic nitrogens is 1. The summed E-state index contributed by atoms with van der Waals surface area (Å²) in [4.78, 5) is 9.51. The van der Waals surface area contributed by atoms with Gasteiger partial charge in [0.15, 0.2) is 0 Å². The highest BCUT2D eigenvalue weighted by atomic mass is 79.9. The molecule has 3 nitrogen and oxygen atoms in total. The number of piperazine rings is 1. The Hall–Kier alpha value is -1.98. The molecule has 1 aliphatic rings. The summed E-state index contributed by atoms with van der Waals surface area (Å²) in [5, 5.41) is 1.22. The van der Waals surface area contributed by atoms with Crippen molar-refractivity contribution in [2.24, 2.45) is 0 Å². The molecule has 0 radical (unpaired) electrons. The van der Waals surface area contributed by atoms with Crippen molar-refractivity contribution in [3.8, 4) is 0 Å². The number of hydrogen-bond donors (Lipinski definition) is 0. The predicted octanol–water partition coefficient (Wildman–Crippen LogP) is 4.81. The van der Waals surface area contributed by atoms with Crippen LogP contribution in [0.3, 0.4) is 0 Å². The third-order valence-corrected chi connectivity index (χ3v) is 5.76. The predicted molar refractivity (Wildman–Crippen MR) is 113 cm³/mol. The first kappa shape index (κ1) is 18.4. The Labute approximate surface area is 167 Å². The third kappa shape index (κ3) is 4.14. The lowest BCUT2D eigenvalue weighted by atomic mass is 10.1. The molecule has 0 amide bonds. The van der Waals surface area contributed by atoms with E-state index in [4.69, 9.17) is 0 Å². The number of anilines is 1. The fraction of sp³-hybridized carbons (Fsp3) is 0.318. The summed E-state index contributed by atoms with van der Waals surface area (Å²) in [6.07, 6.45) is 0.739. The second kappa shape index (κ2) is 7.95. The van der Waals surface area contributed by atoms with Crippen molar-refractivity contribution in [2.75, 3.05) is 37.6 Å². The summed E-state index contributed by atoms with van der Waals surface area (Å²) < 4.78 is 14.9. The van der Waals surface area contributed by atoms with Gasteiger partial charge in [0.1, 0.15) is 5.82 Å². The quantitative estimate of drug-likeness (QED) is 0.595. The summed E-state index contributed by atoms with van der Waals surface area (Å²) in [6, 6.07) is 15.8. The Morgan fingerprint density at radius 2 is 1.85 bits per heavy atom. The first-order valence-electron chi connectivity index (χ1n) is 9.38.